The number of nitrogens with zero attached hydrogens (tertiary/aromatic N) is 1. The summed E-state index contributed by atoms with van der Waals surface area (Å²) in [5, 5.41) is 9.69. The van der Waals surface area contributed by atoms with E-state index >= 15 is 0 Å². The number of unbranched alkanes of at least 4 members (excludes halogenated alkanes) is 10. The van der Waals surface area contributed by atoms with Crippen LogP contribution in [-0.2, 0) is 17.6 Å². The van der Waals surface area contributed by atoms with E-state index < -0.39 is 0 Å². The monoisotopic (exact) mass is 529 g/mol. The van der Waals surface area contributed by atoms with Crippen LogP contribution in [0, 0.1) is 17.2 Å². The lowest BCUT2D eigenvalue weighted by Crippen LogP contribution is -2.25. The molecule has 0 N–H and O–H groups in total. The van der Waals surface area contributed by atoms with Crippen LogP contribution in [0.1, 0.15) is 145 Å². The Morgan fingerprint density at radius 3 is 1.90 bits per heavy atom. The molecule has 0 radical (unpaired) electrons. The van der Waals surface area contributed by atoms with Crippen LogP contribution in [0.4, 0.5) is 0 Å². The SMILES string of the molecule is CCCCCCCCCCc1ccc(OC(=O)C2CCC(c3ccc(CCCCCC)cc3)CC2)c(C#N)c1. The molecule has 39 heavy (non-hydrogen) atoms. The quantitative estimate of drug-likeness (QED) is 0.116. The van der Waals surface area contributed by atoms with E-state index in [1.54, 1.807) is 0 Å². The predicted octanol–water partition coefficient (Wildman–Crippen LogP) is 10.2. The molecule has 1 saturated carbocycles. The Labute approximate surface area is 238 Å². The van der Waals surface area contributed by atoms with Crippen LogP contribution in [0.2, 0.25) is 0 Å². The smallest absolute Gasteiger partial charge is 0.314 e. The number of esters is 1. The number of nitriles is 1. The van der Waals surface area contributed by atoms with E-state index in [-0.39, 0.29) is 11.9 Å². The molecule has 0 amide bonds. The zero-order valence-corrected chi connectivity index (χ0v) is 24.7. The maximum Gasteiger partial charge on any atom is 0.314 e. The van der Waals surface area contributed by atoms with Crippen LogP contribution in [0.3, 0.4) is 0 Å². The molecule has 1 aliphatic rings. The molecule has 0 atom stereocenters. The fourth-order valence-electron chi connectivity index (χ4n) is 5.94. The van der Waals surface area contributed by atoms with Gasteiger partial charge in [0.05, 0.1) is 11.5 Å². The van der Waals surface area contributed by atoms with Gasteiger partial charge in [0.1, 0.15) is 11.8 Å². The summed E-state index contributed by atoms with van der Waals surface area (Å²) in [5.74, 6) is 0.679. The Hall–Kier alpha value is -2.60. The molecule has 0 saturated heterocycles. The Balaban J connectivity index is 1.40. The van der Waals surface area contributed by atoms with Gasteiger partial charge in [0.25, 0.3) is 0 Å². The van der Waals surface area contributed by atoms with Gasteiger partial charge in [0.15, 0.2) is 0 Å². The van der Waals surface area contributed by atoms with Gasteiger partial charge in [-0.2, -0.15) is 5.26 Å². The lowest BCUT2D eigenvalue weighted by atomic mass is 9.78. The summed E-state index contributed by atoms with van der Waals surface area (Å²) in [5.41, 5.74) is 4.47. The van der Waals surface area contributed by atoms with E-state index in [1.165, 1.54) is 88.2 Å². The number of carbonyl (C=O) groups excluding carboxylic acids is 1. The number of rotatable bonds is 17. The lowest BCUT2D eigenvalue weighted by molar-refractivity contribution is -0.140. The van der Waals surface area contributed by atoms with Crippen molar-refractivity contribution >= 4 is 5.97 Å². The van der Waals surface area contributed by atoms with Gasteiger partial charge in [-0.25, -0.2) is 0 Å². The zero-order valence-electron chi connectivity index (χ0n) is 24.7. The van der Waals surface area contributed by atoms with E-state index in [0.717, 1.165) is 44.1 Å². The highest BCUT2D eigenvalue weighted by molar-refractivity contribution is 5.76. The molecule has 0 spiro atoms. The summed E-state index contributed by atoms with van der Waals surface area (Å²) in [6, 6.07) is 17.2. The molecule has 1 fully saturated rings. The van der Waals surface area contributed by atoms with E-state index in [9.17, 15) is 10.1 Å². The van der Waals surface area contributed by atoms with Crippen molar-refractivity contribution in [2.45, 2.75) is 135 Å². The molecule has 0 aromatic heterocycles. The van der Waals surface area contributed by atoms with Crippen molar-refractivity contribution in [3.05, 3.63) is 64.7 Å². The molecule has 3 nitrogen and oxygen atoms in total. The summed E-state index contributed by atoms with van der Waals surface area (Å²) in [6.07, 6.45) is 21.4. The molecule has 2 aromatic rings. The molecule has 2 aromatic carbocycles. The first-order valence-corrected chi connectivity index (χ1v) is 16.0. The third-order valence-electron chi connectivity index (χ3n) is 8.52. The van der Waals surface area contributed by atoms with Crippen LogP contribution in [-0.4, -0.2) is 5.97 Å². The number of hydrogen-bond acceptors (Lipinski definition) is 3. The summed E-state index contributed by atoms with van der Waals surface area (Å²) < 4.78 is 5.77. The van der Waals surface area contributed by atoms with Gasteiger partial charge in [0.2, 0.25) is 0 Å². The average molecular weight is 530 g/mol. The van der Waals surface area contributed by atoms with Crippen molar-refractivity contribution in [3.63, 3.8) is 0 Å². The first kappa shape index (κ1) is 30.9. The van der Waals surface area contributed by atoms with E-state index in [4.69, 9.17) is 4.74 Å². The van der Waals surface area contributed by atoms with Crippen molar-refractivity contribution in [1.29, 1.82) is 5.26 Å². The standard InChI is InChI=1S/C36H51NO2/c1-3-5-7-9-10-11-12-14-16-30-19-26-35(34(27-30)28-37)39-36(38)33-24-22-32(23-25-33)31-20-17-29(18-21-31)15-13-8-6-4-2/h17-21,26-27,32-33H,3-16,22-25H2,1-2H3. The second-order valence-electron chi connectivity index (χ2n) is 11.7. The molecular formula is C36H51NO2. The minimum atomic E-state index is -0.178. The Kier molecular flexibility index (Phi) is 14.2. The highest BCUT2D eigenvalue weighted by atomic mass is 16.5. The van der Waals surface area contributed by atoms with Crippen molar-refractivity contribution in [2.24, 2.45) is 5.92 Å². The van der Waals surface area contributed by atoms with Gasteiger partial charge in [-0.15, -0.1) is 0 Å². The van der Waals surface area contributed by atoms with Gasteiger partial charge < -0.3 is 4.74 Å². The van der Waals surface area contributed by atoms with Gasteiger partial charge >= 0.3 is 5.97 Å². The number of benzene rings is 2. The molecule has 3 heteroatoms. The second-order valence-corrected chi connectivity index (χ2v) is 11.7. The maximum absolute atomic E-state index is 13.0. The van der Waals surface area contributed by atoms with Gasteiger partial charge in [-0.05, 0) is 86.1 Å². The first-order valence-electron chi connectivity index (χ1n) is 16.0. The van der Waals surface area contributed by atoms with Crippen LogP contribution >= 0.6 is 0 Å². The minimum absolute atomic E-state index is 0.0809. The normalized spacial score (nSPS) is 17.1. The number of aryl methyl sites for hydroxylation is 2. The average Bonchev–Trinajstić information content (AvgIpc) is 2.97. The number of hydrogen-bond donors (Lipinski definition) is 0. The molecule has 3 rings (SSSR count). The van der Waals surface area contributed by atoms with Crippen LogP contribution < -0.4 is 4.74 Å². The molecule has 0 heterocycles. The van der Waals surface area contributed by atoms with E-state index in [0.29, 0.717) is 17.2 Å². The zero-order chi connectivity index (χ0) is 27.7. The largest absolute Gasteiger partial charge is 0.425 e. The van der Waals surface area contributed by atoms with Gasteiger partial charge in [-0.1, -0.05) is 108 Å². The van der Waals surface area contributed by atoms with Crippen LogP contribution in [0.25, 0.3) is 0 Å². The van der Waals surface area contributed by atoms with E-state index in [1.807, 2.05) is 18.2 Å². The Bertz CT molecular complexity index is 1010. The fraction of sp³-hybridized carbons (Fsp3) is 0.611. The maximum atomic E-state index is 13.0. The third kappa shape index (κ3) is 10.8. The third-order valence-corrected chi connectivity index (χ3v) is 8.52. The molecule has 0 bridgehead atoms. The summed E-state index contributed by atoms with van der Waals surface area (Å²) in [6.45, 7) is 4.51. The lowest BCUT2D eigenvalue weighted by Gasteiger charge is -2.27. The Morgan fingerprint density at radius 1 is 0.744 bits per heavy atom. The van der Waals surface area contributed by atoms with Gasteiger partial charge in [-0.3, -0.25) is 4.79 Å². The van der Waals surface area contributed by atoms with E-state index in [2.05, 4.69) is 44.2 Å². The highest BCUT2D eigenvalue weighted by Gasteiger charge is 2.29. The van der Waals surface area contributed by atoms with Crippen molar-refractivity contribution < 1.29 is 9.53 Å². The minimum Gasteiger partial charge on any atom is -0.425 e. The molecule has 1 aliphatic carbocycles. The first-order chi connectivity index (χ1) is 19.1. The summed E-state index contributed by atoms with van der Waals surface area (Å²) in [4.78, 5) is 13.0. The van der Waals surface area contributed by atoms with Gasteiger partial charge in [0, 0.05) is 0 Å². The molecule has 0 unspecified atom stereocenters. The Morgan fingerprint density at radius 2 is 1.28 bits per heavy atom. The predicted molar refractivity (Wildman–Crippen MR) is 162 cm³/mol. The molecule has 0 aliphatic heterocycles. The second kappa shape index (κ2) is 17.9. The number of carbonyl (C=O) groups is 1. The van der Waals surface area contributed by atoms with Crippen molar-refractivity contribution in [3.8, 4) is 11.8 Å². The molecular weight excluding hydrogens is 478 g/mol. The van der Waals surface area contributed by atoms with Crippen LogP contribution in [0.15, 0.2) is 42.5 Å². The number of ether oxygens (including phenoxy) is 1. The molecule has 212 valence electrons. The highest BCUT2D eigenvalue weighted by Crippen LogP contribution is 2.37. The van der Waals surface area contributed by atoms with Crippen LogP contribution in [0.5, 0.6) is 5.75 Å². The topological polar surface area (TPSA) is 50.1 Å². The summed E-state index contributed by atoms with van der Waals surface area (Å²) in [7, 11) is 0. The van der Waals surface area contributed by atoms with Crippen molar-refractivity contribution in [2.75, 3.05) is 0 Å². The summed E-state index contributed by atoms with van der Waals surface area (Å²) >= 11 is 0. The fourth-order valence-corrected chi connectivity index (χ4v) is 5.94. The van der Waals surface area contributed by atoms with Crippen molar-refractivity contribution in [1.82, 2.24) is 0 Å².